The number of thioether (sulfide) groups is 1. The normalized spacial score (nSPS) is 36.0. The van der Waals surface area contributed by atoms with Gasteiger partial charge in [-0.25, -0.2) is 4.79 Å². The minimum absolute atomic E-state index is 0.0761. The molecule has 1 amide bonds. The molecule has 0 spiro atoms. The van der Waals surface area contributed by atoms with Crippen molar-refractivity contribution in [2.24, 2.45) is 5.73 Å². The van der Waals surface area contributed by atoms with Gasteiger partial charge in [0.2, 0.25) is 0 Å². The standard InChI is InChI=1S/C11H18N2O4S/c1-6-13(8(5-18-6)11(15)16)10(14)9-3-2-7(4-12)17-9/h6-9H,2-5,12H2,1H3,(H,15,16). The predicted molar refractivity (Wildman–Crippen MR) is 67.1 cm³/mol. The Bertz CT molecular complexity index is 352. The van der Waals surface area contributed by atoms with Crippen LogP contribution in [0.4, 0.5) is 0 Å². The van der Waals surface area contributed by atoms with Gasteiger partial charge in [0.15, 0.2) is 0 Å². The Kier molecular flexibility index (Phi) is 4.14. The molecule has 3 N–H and O–H groups in total. The molecule has 6 nitrogen and oxygen atoms in total. The second-order valence-corrected chi connectivity index (χ2v) is 5.94. The Morgan fingerprint density at radius 1 is 1.50 bits per heavy atom. The van der Waals surface area contributed by atoms with E-state index in [1.54, 1.807) is 0 Å². The highest BCUT2D eigenvalue weighted by atomic mass is 32.2. The molecule has 4 unspecified atom stereocenters. The number of aliphatic carboxylic acids is 1. The van der Waals surface area contributed by atoms with E-state index < -0.39 is 18.1 Å². The van der Waals surface area contributed by atoms with Crippen molar-refractivity contribution in [2.45, 2.75) is 43.4 Å². The maximum Gasteiger partial charge on any atom is 0.327 e. The number of carboxylic acids is 1. The minimum atomic E-state index is -0.950. The maximum absolute atomic E-state index is 12.3. The van der Waals surface area contributed by atoms with E-state index in [0.29, 0.717) is 18.7 Å². The van der Waals surface area contributed by atoms with E-state index in [1.165, 1.54) is 16.7 Å². The van der Waals surface area contributed by atoms with Gasteiger partial charge in [-0.3, -0.25) is 4.79 Å². The van der Waals surface area contributed by atoms with Crippen molar-refractivity contribution in [3.05, 3.63) is 0 Å². The molecule has 18 heavy (non-hydrogen) atoms. The second-order valence-electron chi connectivity index (χ2n) is 4.59. The van der Waals surface area contributed by atoms with Crippen LogP contribution in [0.3, 0.4) is 0 Å². The average Bonchev–Trinajstić information content (AvgIpc) is 2.94. The first-order valence-electron chi connectivity index (χ1n) is 6.06. The molecule has 0 radical (unpaired) electrons. The summed E-state index contributed by atoms with van der Waals surface area (Å²) in [5.74, 6) is -0.723. The van der Waals surface area contributed by atoms with Crippen LogP contribution in [0, 0.1) is 0 Å². The molecular formula is C11H18N2O4S. The third-order valence-electron chi connectivity index (χ3n) is 3.41. The third kappa shape index (κ3) is 2.48. The van der Waals surface area contributed by atoms with Crippen molar-refractivity contribution in [1.82, 2.24) is 4.90 Å². The topological polar surface area (TPSA) is 92.9 Å². The number of nitrogens with zero attached hydrogens (tertiary/aromatic N) is 1. The number of amides is 1. The summed E-state index contributed by atoms with van der Waals surface area (Å²) < 4.78 is 5.54. The second kappa shape index (κ2) is 5.46. The first-order valence-corrected chi connectivity index (χ1v) is 7.11. The summed E-state index contributed by atoms with van der Waals surface area (Å²) in [6.45, 7) is 2.25. The molecule has 102 valence electrons. The van der Waals surface area contributed by atoms with Crippen LogP contribution in [0.5, 0.6) is 0 Å². The number of hydrogen-bond donors (Lipinski definition) is 2. The van der Waals surface area contributed by atoms with E-state index in [1.807, 2.05) is 6.92 Å². The van der Waals surface area contributed by atoms with Crippen LogP contribution in [0.25, 0.3) is 0 Å². The van der Waals surface area contributed by atoms with Crippen molar-refractivity contribution in [1.29, 1.82) is 0 Å². The smallest absolute Gasteiger partial charge is 0.327 e. The van der Waals surface area contributed by atoms with E-state index in [9.17, 15) is 9.59 Å². The van der Waals surface area contributed by atoms with Crippen molar-refractivity contribution in [3.63, 3.8) is 0 Å². The van der Waals surface area contributed by atoms with Crippen LogP contribution in [-0.4, -0.2) is 57.8 Å². The van der Waals surface area contributed by atoms with Crippen LogP contribution in [-0.2, 0) is 14.3 Å². The molecule has 0 saturated carbocycles. The van der Waals surface area contributed by atoms with Crippen molar-refractivity contribution >= 4 is 23.6 Å². The molecule has 0 bridgehead atoms. The summed E-state index contributed by atoms with van der Waals surface area (Å²) in [4.78, 5) is 24.9. The summed E-state index contributed by atoms with van der Waals surface area (Å²) in [7, 11) is 0. The van der Waals surface area contributed by atoms with Gasteiger partial charge < -0.3 is 20.5 Å². The van der Waals surface area contributed by atoms with Gasteiger partial charge in [-0.2, -0.15) is 0 Å². The molecule has 2 heterocycles. The Labute approximate surface area is 110 Å². The van der Waals surface area contributed by atoms with Gasteiger partial charge in [-0.15, -0.1) is 11.8 Å². The highest BCUT2D eigenvalue weighted by molar-refractivity contribution is 8.00. The maximum atomic E-state index is 12.3. The van der Waals surface area contributed by atoms with Crippen LogP contribution in [0.15, 0.2) is 0 Å². The average molecular weight is 274 g/mol. The Hall–Kier alpha value is -0.790. The van der Waals surface area contributed by atoms with Gasteiger partial charge in [-0.05, 0) is 19.8 Å². The van der Waals surface area contributed by atoms with E-state index >= 15 is 0 Å². The van der Waals surface area contributed by atoms with Crippen molar-refractivity contribution in [3.8, 4) is 0 Å². The lowest BCUT2D eigenvalue weighted by Gasteiger charge is -2.27. The molecule has 2 saturated heterocycles. The molecular weight excluding hydrogens is 256 g/mol. The van der Waals surface area contributed by atoms with Crippen molar-refractivity contribution < 1.29 is 19.4 Å². The van der Waals surface area contributed by atoms with Gasteiger partial charge in [0.05, 0.1) is 11.5 Å². The van der Waals surface area contributed by atoms with Crippen LogP contribution in [0.2, 0.25) is 0 Å². The summed E-state index contributed by atoms with van der Waals surface area (Å²) in [5, 5.41) is 9.01. The molecule has 0 aromatic rings. The van der Waals surface area contributed by atoms with E-state index in [4.69, 9.17) is 15.6 Å². The minimum Gasteiger partial charge on any atom is -0.480 e. The molecule has 0 aliphatic carbocycles. The number of carbonyl (C=O) groups excluding carboxylic acids is 1. The zero-order valence-electron chi connectivity index (χ0n) is 10.2. The number of rotatable bonds is 3. The molecule has 2 aliphatic heterocycles. The van der Waals surface area contributed by atoms with Gasteiger partial charge in [0.25, 0.3) is 5.91 Å². The lowest BCUT2D eigenvalue weighted by molar-refractivity contribution is -0.154. The van der Waals surface area contributed by atoms with Crippen molar-refractivity contribution in [2.75, 3.05) is 12.3 Å². The zero-order chi connectivity index (χ0) is 13.3. The van der Waals surface area contributed by atoms with Crippen LogP contribution >= 0.6 is 11.8 Å². The summed E-state index contributed by atoms with van der Waals surface area (Å²) in [6, 6.07) is -0.738. The highest BCUT2D eigenvalue weighted by Gasteiger charge is 2.43. The Balaban J connectivity index is 2.05. The zero-order valence-corrected chi connectivity index (χ0v) is 11.1. The molecule has 2 aliphatic rings. The Morgan fingerprint density at radius 3 is 2.78 bits per heavy atom. The number of ether oxygens (including phenoxy) is 1. The number of nitrogens with two attached hydrogens (primary N) is 1. The van der Waals surface area contributed by atoms with Gasteiger partial charge in [0.1, 0.15) is 12.1 Å². The van der Waals surface area contributed by atoms with Gasteiger partial charge >= 0.3 is 5.97 Å². The number of carboxylic acid groups (broad SMARTS) is 1. The molecule has 7 heteroatoms. The van der Waals surface area contributed by atoms with E-state index in [0.717, 1.165) is 6.42 Å². The summed E-state index contributed by atoms with van der Waals surface area (Å²) >= 11 is 1.48. The van der Waals surface area contributed by atoms with Crippen LogP contribution < -0.4 is 5.73 Å². The first-order chi connectivity index (χ1) is 8.54. The van der Waals surface area contributed by atoms with Gasteiger partial charge in [-0.1, -0.05) is 0 Å². The number of carbonyl (C=O) groups is 2. The fourth-order valence-electron chi connectivity index (χ4n) is 2.39. The quantitative estimate of drug-likeness (QED) is 0.744. The molecule has 0 aromatic carbocycles. The summed E-state index contributed by atoms with van der Waals surface area (Å²) in [5.41, 5.74) is 5.50. The number of hydrogen-bond acceptors (Lipinski definition) is 5. The van der Waals surface area contributed by atoms with E-state index in [-0.39, 0.29) is 17.4 Å². The summed E-state index contributed by atoms with van der Waals surface area (Å²) in [6.07, 6.45) is 0.787. The Morgan fingerprint density at radius 2 is 2.22 bits per heavy atom. The molecule has 4 atom stereocenters. The van der Waals surface area contributed by atoms with Crippen LogP contribution in [0.1, 0.15) is 19.8 Å². The SMILES string of the molecule is CC1SCC(C(=O)O)N1C(=O)C1CCC(CN)O1. The fraction of sp³-hybridized carbons (Fsp3) is 0.818. The first kappa shape index (κ1) is 13.6. The van der Waals surface area contributed by atoms with E-state index in [2.05, 4.69) is 0 Å². The van der Waals surface area contributed by atoms with Gasteiger partial charge in [0, 0.05) is 12.3 Å². The molecule has 0 aromatic heterocycles. The predicted octanol–water partition coefficient (Wildman–Crippen LogP) is -0.133. The largest absolute Gasteiger partial charge is 0.480 e. The highest BCUT2D eigenvalue weighted by Crippen LogP contribution is 2.31. The molecule has 2 fully saturated rings. The fourth-order valence-corrected chi connectivity index (χ4v) is 3.57. The lowest BCUT2D eigenvalue weighted by Crippen LogP contribution is -2.49. The lowest BCUT2D eigenvalue weighted by atomic mass is 10.1. The molecule has 2 rings (SSSR count). The monoisotopic (exact) mass is 274 g/mol. The third-order valence-corrected chi connectivity index (χ3v) is 4.63.